The molecular formula is C11H16N4S. The Morgan fingerprint density at radius 3 is 3.19 bits per heavy atom. The predicted octanol–water partition coefficient (Wildman–Crippen LogP) is 1.63. The van der Waals surface area contributed by atoms with Crippen molar-refractivity contribution in [3.8, 4) is 0 Å². The monoisotopic (exact) mass is 236 g/mol. The average Bonchev–Trinajstić information content (AvgIpc) is 2.90. The van der Waals surface area contributed by atoms with Crippen molar-refractivity contribution in [3.63, 3.8) is 0 Å². The molecule has 2 aromatic heterocycles. The average molecular weight is 236 g/mol. The molecule has 16 heavy (non-hydrogen) atoms. The van der Waals surface area contributed by atoms with E-state index in [4.69, 9.17) is 0 Å². The van der Waals surface area contributed by atoms with Crippen molar-refractivity contribution >= 4 is 11.3 Å². The van der Waals surface area contributed by atoms with Crippen LogP contribution in [0, 0.1) is 0 Å². The maximum atomic E-state index is 4.08. The number of nitrogens with zero attached hydrogens (tertiary/aromatic N) is 2. The van der Waals surface area contributed by atoms with Gasteiger partial charge in [0.2, 0.25) is 0 Å². The number of thiophene rings is 1. The van der Waals surface area contributed by atoms with Crippen LogP contribution in [-0.2, 0) is 12.8 Å². The van der Waals surface area contributed by atoms with Gasteiger partial charge in [-0.3, -0.25) is 5.10 Å². The molecule has 1 unspecified atom stereocenters. The van der Waals surface area contributed by atoms with Crippen LogP contribution in [0.2, 0.25) is 0 Å². The highest BCUT2D eigenvalue weighted by molar-refractivity contribution is 7.07. The van der Waals surface area contributed by atoms with E-state index >= 15 is 0 Å². The first kappa shape index (κ1) is 11.3. The van der Waals surface area contributed by atoms with E-state index in [0.29, 0.717) is 6.04 Å². The standard InChI is InChI=1S/C11H16N4S/c1-9(6-10-3-5-16-7-10)12-4-2-11-13-8-14-15-11/h3,5,7-9,12H,2,4,6H2,1H3,(H,13,14,15). The van der Waals surface area contributed by atoms with Crippen LogP contribution in [0.5, 0.6) is 0 Å². The molecule has 0 bridgehead atoms. The molecule has 4 nitrogen and oxygen atoms in total. The molecule has 0 aliphatic carbocycles. The van der Waals surface area contributed by atoms with Crippen LogP contribution in [0.1, 0.15) is 18.3 Å². The minimum absolute atomic E-state index is 0.498. The van der Waals surface area contributed by atoms with Crippen molar-refractivity contribution in [1.29, 1.82) is 0 Å². The maximum absolute atomic E-state index is 4.08. The van der Waals surface area contributed by atoms with E-state index in [1.165, 1.54) is 5.56 Å². The predicted molar refractivity (Wildman–Crippen MR) is 65.6 cm³/mol. The molecule has 0 radical (unpaired) electrons. The molecule has 2 aromatic rings. The van der Waals surface area contributed by atoms with Gasteiger partial charge < -0.3 is 5.32 Å². The minimum Gasteiger partial charge on any atom is -0.313 e. The first-order chi connectivity index (χ1) is 7.84. The Hall–Kier alpha value is -1.20. The van der Waals surface area contributed by atoms with Crippen molar-refractivity contribution in [2.45, 2.75) is 25.8 Å². The van der Waals surface area contributed by atoms with Crippen LogP contribution in [0.3, 0.4) is 0 Å². The summed E-state index contributed by atoms with van der Waals surface area (Å²) in [6, 6.07) is 2.68. The highest BCUT2D eigenvalue weighted by atomic mass is 32.1. The quantitative estimate of drug-likeness (QED) is 0.801. The summed E-state index contributed by atoms with van der Waals surface area (Å²) in [5.74, 6) is 0.940. The van der Waals surface area contributed by atoms with Gasteiger partial charge in [0.1, 0.15) is 12.2 Å². The molecule has 0 aliphatic rings. The van der Waals surface area contributed by atoms with Gasteiger partial charge in [-0.25, -0.2) is 4.98 Å². The number of hydrogen-bond donors (Lipinski definition) is 2. The number of aromatic nitrogens is 3. The minimum atomic E-state index is 0.498. The largest absolute Gasteiger partial charge is 0.313 e. The van der Waals surface area contributed by atoms with Gasteiger partial charge in [-0.2, -0.15) is 16.4 Å². The zero-order chi connectivity index (χ0) is 11.2. The van der Waals surface area contributed by atoms with Crippen LogP contribution in [0.25, 0.3) is 0 Å². The molecule has 0 aromatic carbocycles. The zero-order valence-electron chi connectivity index (χ0n) is 9.31. The summed E-state index contributed by atoms with van der Waals surface area (Å²) in [4.78, 5) is 4.08. The van der Waals surface area contributed by atoms with E-state index in [9.17, 15) is 0 Å². The number of hydrogen-bond acceptors (Lipinski definition) is 4. The fourth-order valence-corrected chi connectivity index (χ4v) is 2.30. The molecule has 0 saturated heterocycles. The Labute approximate surface area is 99.1 Å². The Morgan fingerprint density at radius 1 is 1.56 bits per heavy atom. The summed E-state index contributed by atoms with van der Waals surface area (Å²) in [5.41, 5.74) is 1.41. The smallest absolute Gasteiger partial charge is 0.137 e. The molecule has 5 heteroatoms. The molecule has 0 saturated carbocycles. The first-order valence-corrected chi connectivity index (χ1v) is 6.37. The molecule has 2 heterocycles. The van der Waals surface area contributed by atoms with Crippen molar-refractivity contribution in [2.24, 2.45) is 0 Å². The summed E-state index contributed by atoms with van der Waals surface area (Å²) in [5, 5.41) is 14.5. The van der Waals surface area contributed by atoms with E-state index in [0.717, 1.165) is 25.2 Å². The molecular weight excluding hydrogens is 220 g/mol. The summed E-state index contributed by atoms with van der Waals surface area (Å²) in [6.07, 6.45) is 3.53. The first-order valence-electron chi connectivity index (χ1n) is 5.43. The molecule has 0 spiro atoms. The van der Waals surface area contributed by atoms with Crippen LogP contribution >= 0.6 is 11.3 Å². The van der Waals surface area contributed by atoms with Crippen molar-refractivity contribution in [2.75, 3.05) is 6.54 Å². The highest BCUT2D eigenvalue weighted by Crippen LogP contribution is 2.08. The molecule has 0 fully saturated rings. The van der Waals surface area contributed by atoms with Crippen LogP contribution in [0.15, 0.2) is 23.2 Å². The summed E-state index contributed by atoms with van der Waals surface area (Å²) in [7, 11) is 0. The van der Waals surface area contributed by atoms with E-state index in [-0.39, 0.29) is 0 Å². The molecule has 0 aliphatic heterocycles. The molecule has 1 atom stereocenters. The Kier molecular flexibility index (Phi) is 4.07. The second-order valence-electron chi connectivity index (χ2n) is 3.87. The van der Waals surface area contributed by atoms with Crippen molar-refractivity contribution < 1.29 is 0 Å². The van der Waals surface area contributed by atoms with Gasteiger partial charge in [-0.15, -0.1) is 0 Å². The van der Waals surface area contributed by atoms with Crippen molar-refractivity contribution in [1.82, 2.24) is 20.5 Å². The fraction of sp³-hybridized carbons (Fsp3) is 0.455. The van der Waals surface area contributed by atoms with Crippen LogP contribution in [-0.4, -0.2) is 27.8 Å². The number of nitrogens with one attached hydrogen (secondary N) is 2. The Balaban J connectivity index is 1.66. The highest BCUT2D eigenvalue weighted by Gasteiger charge is 2.03. The number of aromatic amines is 1. The zero-order valence-corrected chi connectivity index (χ0v) is 10.1. The lowest BCUT2D eigenvalue weighted by molar-refractivity contribution is 0.544. The molecule has 2 rings (SSSR count). The van der Waals surface area contributed by atoms with Gasteiger partial charge in [0.05, 0.1) is 0 Å². The third-order valence-corrected chi connectivity index (χ3v) is 3.17. The molecule has 0 amide bonds. The lowest BCUT2D eigenvalue weighted by atomic mass is 10.1. The topological polar surface area (TPSA) is 53.6 Å². The normalized spacial score (nSPS) is 12.8. The van der Waals surface area contributed by atoms with Gasteiger partial charge in [-0.1, -0.05) is 0 Å². The lowest BCUT2D eigenvalue weighted by Crippen LogP contribution is -2.30. The molecule has 86 valence electrons. The van der Waals surface area contributed by atoms with Gasteiger partial charge in [-0.05, 0) is 35.7 Å². The maximum Gasteiger partial charge on any atom is 0.137 e. The second kappa shape index (κ2) is 5.77. The van der Waals surface area contributed by atoms with E-state index in [1.54, 1.807) is 17.7 Å². The summed E-state index contributed by atoms with van der Waals surface area (Å²) >= 11 is 1.75. The SMILES string of the molecule is CC(Cc1ccsc1)NCCc1ncn[nH]1. The van der Waals surface area contributed by atoms with E-state index in [1.807, 2.05) is 0 Å². The third kappa shape index (κ3) is 3.43. The van der Waals surface area contributed by atoms with E-state index in [2.05, 4.69) is 44.2 Å². The fourth-order valence-electron chi connectivity index (χ4n) is 1.62. The molecule has 2 N–H and O–H groups in total. The van der Waals surface area contributed by atoms with Crippen molar-refractivity contribution in [3.05, 3.63) is 34.5 Å². The lowest BCUT2D eigenvalue weighted by Gasteiger charge is -2.11. The number of rotatable bonds is 6. The summed E-state index contributed by atoms with van der Waals surface area (Å²) in [6.45, 7) is 3.14. The Bertz CT molecular complexity index is 382. The van der Waals surface area contributed by atoms with Gasteiger partial charge in [0.15, 0.2) is 0 Å². The van der Waals surface area contributed by atoms with E-state index < -0.39 is 0 Å². The summed E-state index contributed by atoms with van der Waals surface area (Å²) < 4.78 is 0. The van der Waals surface area contributed by atoms with Crippen LogP contribution < -0.4 is 5.32 Å². The van der Waals surface area contributed by atoms with Crippen LogP contribution in [0.4, 0.5) is 0 Å². The van der Waals surface area contributed by atoms with Gasteiger partial charge in [0, 0.05) is 19.0 Å². The van der Waals surface area contributed by atoms with Gasteiger partial charge in [0.25, 0.3) is 0 Å². The second-order valence-corrected chi connectivity index (χ2v) is 4.65. The Morgan fingerprint density at radius 2 is 2.50 bits per heavy atom. The third-order valence-electron chi connectivity index (χ3n) is 2.44. The number of H-pyrrole nitrogens is 1. The van der Waals surface area contributed by atoms with Gasteiger partial charge >= 0.3 is 0 Å².